The van der Waals surface area contributed by atoms with Crippen molar-refractivity contribution in [3.63, 3.8) is 0 Å². The van der Waals surface area contributed by atoms with E-state index >= 15 is 0 Å². The Morgan fingerprint density at radius 1 is 1.39 bits per heavy atom. The lowest BCUT2D eigenvalue weighted by molar-refractivity contribution is 0.111. The molecule has 2 rings (SSSR count). The molecular formula is C14H10N2O2. The van der Waals surface area contributed by atoms with Crippen LogP contribution in [0.15, 0.2) is 42.7 Å². The quantitative estimate of drug-likeness (QED) is 0.828. The van der Waals surface area contributed by atoms with E-state index in [0.29, 0.717) is 28.5 Å². The number of aliphatic hydroxyl groups is 1. The molecule has 2 aromatic rings. The molecule has 1 unspecified atom stereocenters. The predicted molar refractivity (Wildman–Crippen MR) is 64.8 cm³/mol. The summed E-state index contributed by atoms with van der Waals surface area (Å²) in [6.07, 6.45) is 2.63. The van der Waals surface area contributed by atoms with Crippen LogP contribution in [0.3, 0.4) is 0 Å². The fraction of sp³-hybridized carbons (Fsp3) is 0.0714. The number of rotatable bonds is 3. The summed E-state index contributed by atoms with van der Waals surface area (Å²) in [5.74, 6) is 0. The van der Waals surface area contributed by atoms with Crippen molar-refractivity contribution in [3.05, 3.63) is 65.0 Å². The second kappa shape index (κ2) is 5.21. The van der Waals surface area contributed by atoms with E-state index in [1.807, 2.05) is 6.07 Å². The number of nitrogens with zero attached hydrogens (tertiary/aromatic N) is 2. The number of nitriles is 1. The third-order valence-electron chi connectivity index (χ3n) is 2.64. The van der Waals surface area contributed by atoms with Gasteiger partial charge in [-0.05, 0) is 29.3 Å². The van der Waals surface area contributed by atoms with Gasteiger partial charge in [0.2, 0.25) is 0 Å². The van der Waals surface area contributed by atoms with Gasteiger partial charge < -0.3 is 5.11 Å². The highest BCUT2D eigenvalue weighted by Gasteiger charge is 2.14. The summed E-state index contributed by atoms with van der Waals surface area (Å²) in [6, 6.07) is 10.3. The van der Waals surface area contributed by atoms with Gasteiger partial charge in [0.05, 0.1) is 11.6 Å². The number of hydrogen-bond acceptors (Lipinski definition) is 4. The molecule has 0 aliphatic carbocycles. The predicted octanol–water partition coefficient (Wildman–Crippen LogP) is 1.85. The molecule has 1 atom stereocenters. The van der Waals surface area contributed by atoms with Gasteiger partial charge in [0.1, 0.15) is 6.10 Å². The average Bonchev–Trinajstić information content (AvgIpc) is 2.46. The summed E-state index contributed by atoms with van der Waals surface area (Å²) in [4.78, 5) is 14.7. The highest BCUT2D eigenvalue weighted by atomic mass is 16.3. The third kappa shape index (κ3) is 2.26. The molecule has 4 heteroatoms. The highest BCUT2D eigenvalue weighted by Crippen LogP contribution is 2.24. The molecule has 0 aliphatic rings. The number of aromatic nitrogens is 1. The lowest BCUT2D eigenvalue weighted by atomic mass is 9.98. The lowest BCUT2D eigenvalue weighted by Crippen LogP contribution is -2.04. The molecule has 1 aromatic carbocycles. The van der Waals surface area contributed by atoms with Crippen LogP contribution in [0.2, 0.25) is 0 Å². The van der Waals surface area contributed by atoms with Gasteiger partial charge in [-0.3, -0.25) is 9.78 Å². The van der Waals surface area contributed by atoms with Crippen LogP contribution in [-0.4, -0.2) is 16.4 Å². The van der Waals surface area contributed by atoms with Gasteiger partial charge >= 0.3 is 0 Å². The molecule has 0 saturated carbocycles. The topological polar surface area (TPSA) is 74.0 Å². The van der Waals surface area contributed by atoms with Gasteiger partial charge in [0.25, 0.3) is 0 Å². The molecule has 0 fully saturated rings. The first-order chi connectivity index (χ1) is 8.76. The van der Waals surface area contributed by atoms with Crippen molar-refractivity contribution in [1.82, 2.24) is 4.98 Å². The first-order valence-corrected chi connectivity index (χ1v) is 5.33. The van der Waals surface area contributed by atoms with Crippen LogP contribution in [-0.2, 0) is 0 Å². The van der Waals surface area contributed by atoms with E-state index < -0.39 is 6.10 Å². The van der Waals surface area contributed by atoms with Crippen LogP contribution < -0.4 is 0 Å². The van der Waals surface area contributed by atoms with Crippen molar-refractivity contribution in [1.29, 1.82) is 5.26 Å². The lowest BCUT2D eigenvalue weighted by Gasteiger charge is -2.13. The van der Waals surface area contributed by atoms with Gasteiger partial charge in [-0.15, -0.1) is 0 Å². The van der Waals surface area contributed by atoms with Crippen LogP contribution in [0.5, 0.6) is 0 Å². The molecule has 0 bridgehead atoms. The molecule has 1 N–H and O–H groups in total. The fourth-order valence-electron chi connectivity index (χ4n) is 1.72. The summed E-state index contributed by atoms with van der Waals surface area (Å²) in [7, 11) is 0. The molecule has 1 aromatic heterocycles. The maximum absolute atomic E-state index is 10.9. The van der Waals surface area contributed by atoms with Gasteiger partial charge in [-0.1, -0.05) is 12.1 Å². The Balaban J connectivity index is 2.44. The van der Waals surface area contributed by atoms with Gasteiger partial charge in [0.15, 0.2) is 6.29 Å². The number of benzene rings is 1. The van der Waals surface area contributed by atoms with Crippen LogP contribution in [0.4, 0.5) is 0 Å². The van der Waals surface area contributed by atoms with E-state index in [2.05, 4.69) is 4.98 Å². The molecule has 0 amide bonds. The summed E-state index contributed by atoms with van der Waals surface area (Å²) >= 11 is 0. The Kier molecular flexibility index (Phi) is 3.46. The van der Waals surface area contributed by atoms with Gasteiger partial charge in [-0.25, -0.2) is 0 Å². The number of aliphatic hydroxyl groups excluding tert-OH is 1. The van der Waals surface area contributed by atoms with Crippen molar-refractivity contribution in [2.75, 3.05) is 0 Å². The average molecular weight is 238 g/mol. The maximum atomic E-state index is 10.9. The molecule has 1 heterocycles. The first-order valence-electron chi connectivity index (χ1n) is 5.33. The summed E-state index contributed by atoms with van der Waals surface area (Å²) < 4.78 is 0. The Hall–Kier alpha value is -2.51. The summed E-state index contributed by atoms with van der Waals surface area (Å²) in [5.41, 5.74) is 1.86. The van der Waals surface area contributed by atoms with Crippen molar-refractivity contribution in [2.45, 2.75) is 6.10 Å². The van der Waals surface area contributed by atoms with E-state index in [-0.39, 0.29) is 0 Å². The van der Waals surface area contributed by atoms with E-state index in [0.717, 1.165) is 0 Å². The summed E-state index contributed by atoms with van der Waals surface area (Å²) in [6.45, 7) is 0. The Bertz CT molecular complexity index is 617. The second-order valence-electron chi connectivity index (χ2n) is 3.76. The second-order valence-corrected chi connectivity index (χ2v) is 3.76. The van der Waals surface area contributed by atoms with Gasteiger partial charge in [0, 0.05) is 18.0 Å². The van der Waals surface area contributed by atoms with Crippen molar-refractivity contribution >= 4 is 6.29 Å². The minimum absolute atomic E-state index is 0.340. The number of hydrogen-bond donors (Lipinski definition) is 1. The van der Waals surface area contributed by atoms with Crippen molar-refractivity contribution < 1.29 is 9.90 Å². The van der Waals surface area contributed by atoms with E-state index in [9.17, 15) is 9.90 Å². The Labute approximate surface area is 104 Å². The Morgan fingerprint density at radius 2 is 2.22 bits per heavy atom. The molecule has 0 saturated heterocycles. The van der Waals surface area contributed by atoms with E-state index in [1.54, 1.807) is 30.3 Å². The number of pyridine rings is 1. The molecule has 0 aliphatic heterocycles. The standard InChI is InChI=1S/C14H10N2O2/c15-7-10-2-1-3-11(6-10)14(18)13-4-5-16-8-12(13)9-17/h1-6,8-9,14,18H. The van der Waals surface area contributed by atoms with Crippen molar-refractivity contribution in [3.8, 4) is 6.07 Å². The first kappa shape index (κ1) is 12.0. The van der Waals surface area contributed by atoms with E-state index in [4.69, 9.17) is 5.26 Å². The number of carbonyl (C=O) groups is 1. The fourth-order valence-corrected chi connectivity index (χ4v) is 1.72. The number of aldehydes is 1. The molecule has 88 valence electrons. The SMILES string of the molecule is N#Cc1cccc(C(O)c2ccncc2C=O)c1. The zero-order valence-electron chi connectivity index (χ0n) is 9.45. The Morgan fingerprint density at radius 3 is 2.94 bits per heavy atom. The van der Waals surface area contributed by atoms with Crippen LogP contribution in [0, 0.1) is 11.3 Å². The molecule has 0 radical (unpaired) electrons. The zero-order valence-corrected chi connectivity index (χ0v) is 9.45. The smallest absolute Gasteiger partial charge is 0.151 e. The normalized spacial score (nSPS) is 11.6. The monoisotopic (exact) mass is 238 g/mol. The maximum Gasteiger partial charge on any atom is 0.151 e. The molecule has 4 nitrogen and oxygen atoms in total. The summed E-state index contributed by atoms with van der Waals surface area (Å²) in [5, 5.41) is 19.0. The minimum Gasteiger partial charge on any atom is -0.384 e. The third-order valence-corrected chi connectivity index (χ3v) is 2.64. The molecular weight excluding hydrogens is 228 g/mol. The zero-order chi connectivity index (χ0) is 13.0. The van der Waals surface area contributed by atoms with Crippen molar-refractivity contribution in [2.24, 2.45) is 0 Å². The van der Waals surface area contributed by atoms with E-state index in [1.165, 1.54) is 12.4 Å². The molecule has 18 heavy (non-hydrogen) atoms. The van der Waals surface area contributed by atoms with Crippen LogP contribution in [0.25, 0.3) is 0 Å². The minimum atomic E-state index is -0.943. The highest BCUT2D eigenvalue weighted by molar-refractivity contribution is 5.77. The largest absolute Gasteiger partial charge is 0.384 e. The van der Waals surface area contributed by atoms with Crippen LogP contribution >= 0.6 is 0 Å². The van der Waals surface area contributed by atoms with Crippen LogP contribution in [0.1, 0.15) is 33.2 Å². The molecule has 0 spiro atoms. The van der Waals surface area contributed by atoms with Gasteiger partial charge in [-0.2, -0.15) is 5.26 Å². The number of carbonyl (C=O) groups excluding carboxylic acids is 1.